The van der Waals surface area contributed by atoms with E-state index in [1.54, 1.807) is 14.2 Å². The number of ether oxygens (including phenoxy) is 2. The Morgan fingerprint density at radius 2 is 2.06 bits per heavy atom. The maximum Gasteiger partial charge on any atom is 0.121 e. The topological polar surface area (TPSA) is 30.5 Å². The van der Waals surface area contributed by atoms with Crippen LogP contribution in [-0.2, 0) is 9.47 Å². The Balaban J connectivity index is 4.60. The molecule has 0 saturated carbocycles. The normalized spacial score (nSPS) is 14.8. The molecule has 0 radical (unpaired) electrons. The molecule has 0 aromatic heterocycles. The van der Waals surface area contributed by atoms with Gasteiger partial charge < -0.3 is 14.8 Å². The molecule has 0 spiro atoms. The molecule has 3 heteroatoms. The van der Waals surface area contributed by atoms with E-state index in [4.69, 9.17) is 9.47 Å². The molecular formula is C13H23NO2. The fourth-order valence-corrected chi connectivity index (χ4v) is 1.36. The van der Waals surface area contributed by atoms with Crippen LogP contribution < -0.4 is 5.32 Å². The maximum atomic E-state index is 5.17. The standard InChI is InChI=1S/C13H23NO2/c1-6-12(11(2)9-14-3)7-8-13(16-5)10-15-4/h6-8,11,14H,1,9-10H2,2-5H3/b12-7+,13-8+. The van der Waals surface area contributed by atoms with E-state index in [9.17, 15) is 0 Å². The molecule has 0 aromatic carbocycles. The van der Waals surface area contributed by atoms with Gasteiger partial charge in [-0.3, -0.25) is 0 Å². The molecule has 0 heterocycles. The van der Waals surface area contributed by atoms with Gasteiger partial charge in [0, 0.05) is 13.7 Å². The summed E-state index contributed by atoms with van der Waals surface area (Å²) in [5, 5.41) is 3.14. The first kappa shape index (κ1) is 14.9. The van der Waals surface area contributed by atoms with Gasteiger partial charge in [0.05, 0.1) is 7.11 Å². The van der Waals surface area contributed by atoms with E-state index in [1.807, 2.05) is 25.3 Å². The van der Waals surface area contributed by atoms with Gasteiger partial charge in [-0.15, -0.1) is 0 Å². The Morgan fingerprint density at radius 3 is 2.50 bits per heavy atom. The lowest BCUT2D eigenvalue weighted by Gasteiger charge is -2.11. The first-order valence-corrected chi connectivity index (χ1v) is 5.40. The Bertz CT molecular complexity index is 257. The monoisotopic (exact) mass is 225 g/mol. The largest absolute Gasteiger partial charge is 0.499 e. The Morgan fingerprint density at radius 1 is 1.38 bits per heavy atom. The smallest absolute Gasteiger partial charge is 0.121 e. The van der Waals surface area contributed by atoms with Crippen molar-refractivity contribution in [3.05, 3.63) is 36.1 Å². The molecule has 3 nitrogen and oxygen atoms in total. The number of allylic oxidation sites excluding steroid dienone is 3. The minimum Gasteiger partial charge on any atom is -0.499 e. The number of hydrogen-bond acceptors (Lipinski definition) is 3. The molecule has 1 atom stereocenters. The first-order chi connectivity index (χ1) is 7.69. The predicted octanol–water partition coefficient (Wildman–Crippen LogP) is 2.13. The van der Waals surface area contributed by atoms with Crippen LogP contribution in [0.15, 0.2) is 36.1 Å². The van der Waals surface area contributed by atoms with E-state index in [2.05, 4.69) is 18.8 Å². The average Bonchev–Trinajstić information content (AvgIpc) is 2.28. The fourth-order valence-electron chi connectivity index (χ4n) is 1.36. The summed E-state index contributed by atoms with van der Waals surface area (Å²) in [7, 11) is 5.23. The predicted molar refractivity (Wildman–Crippen MR) is 68.3 cm³/mol. The molecule has 1 N–H and O–H groups in total. The highest BCUT2D eigenvalue weighted by Gasteiger charge is 2.03. The van der Waals surface area contributed by atoms with Crippen LogP contribution in [0.1, 0.15) is 6.92 Å². The zero-order valence-electron chi connectivity index (χ0n) is 10.7. The van der Waals surface area contributed by atoms with Crippen LogP contribution >= 0.6 is 0 Å². The van der Waals surface area contributed by atoms with Crippen LogP contribution in [0.3, 0.4) is 0 Å². The SMILES string of the molecule is C=C/C(=C\C=C(/COC)OC)C(C)CNC. The van der Waals surface area contributed by atoms with Crippen molar-refractivity contribution in [2.45, 2.75) is 6.92 Å². The van der Waals surface area contributed by atoms with Crippen LogP contribution in [0.2, 0.25) is 0 Å². The summed E-state index contributed by atoms with van der Waals surface area (Å²) in [6, 6.07) is 0. The summed E-state index contributed by atoms with van der Waals surface area (Å²) < 4.78 is 10.2. The van der Waals surface area contributed by atoms with Gasteiger partial charge >= 0.3 is 0 Å². The van der Waals surface area contributed by atoms with E-state index >= 15 is 0 Å². The third kappa shape index (κ3) is 5.73. The summed E-state index contributed by atoms with van der Waals surface area (Å²) in [4.78, 5) is 0. The zero-order chi connectivity index (χ0) is 12.4. The third-order valence-electron chi connectivity index (χ3n) is 2.33. The second kappa shape index (κ2) is 9.19. The highest BCUT2D eigenvalue weighted by Crippen LogP contribution is 2.11. The van der Waals surface area contributed by atoms with Crippen molar-refractivity contribution >= 4 is 0 Å². The third-order valence-corrected chi connectivity index (χ3v) is 2.33. The minimum absolute atomic E-state index is 0.430. The molecule has 0 rings (SSSR count). The molecule has 16 heavy (non-hydrogen) atoms. The summed E-state index contributed by atoms with van der Waals surface area (Å²) in [6.45, 7) is 7.38. The Hall–Kier alpha value is -1.06. The van der Waals surface area contributed by atoms with Crippen molar-refractivity contribution in [3.63, 3.8) is 0 Å². The molecule has 92 valence electrons. The zero-order valence-corrected chi connectivity index (χ0v) is 10.7. The van der Waals surface area contributed by atoms with Crippen LogP contribution in [-0.4, -0.2) is 34.4 Å². The van der Waals surface area contributed by atoms with Crippen LogP contribution in [0.25, 0.3) is 0 Å². The van der Waals surface area contributed by atoms with Crippen molar-refractivity contribution in [1.82, 2.24) is 5.32 Å². The number of hydrogen-bond donors (Lipinski definition) is 1. The lowest BCUT2D eigenvalue weighted by Crippen LogP contribution is -2.17. The van der Waals surface area contributed by atoms with E-state index in [-0.39, 0.29) is 0 Å². The van der Waals surface area contributed by atoms with Gasteiger partial charge in [-0.2, -0.15) is 0 Å². The molecule has 0 amide bonds. The van der Waals surface area contributed by atoms with Gasteiger partial charge in [0.2, 0.25) is 0 Å². The second-order valence-electron chi connectivity index (χ2n) is 3.60. The summed E-state index contributed by atoms with van der Waals surface area (Å²) in [5.41, 5.74) is 1.18. The van der Waals surface area contributed by atoms with Crippen LogP contribution in [0.4, 0.5) is 0 Å². The van der Waals surface area contributed by atoms with Crippen molar-refractivity contribution in [1.29, 1.82) is 0 Å². The molecule has 1 unspecified atom stereocenters. The Kier molecular flexibility index (Phi) is 8.58. The maximum absolute atomic E-state index is 5.17. The molecule has 0 aliphatic rings. The summed E-state index contributed by atoms with van der Waals surface area (Å²) >= 11 is 0. The molecule has 0 aliphatic carbocycles. The molecule has 0 saturated heterocycles. The first-order valence-electron chi connectivity index (χ1n) is 5.40. The van der Waals surface area contributed by atoms with Crippen LogP contribution in [0, 0.1) is 5.92 Å². The lowest BCUT2D eigenvalue weighted by molar-refractivity contribution is 0.159. The summed E-state index contributed by atoms with van der Waals surface area (Å²) in [5.74, 6) is 1.23. The van der Waals surface area contributed by atoms with Crippen molar-refractivity contribution in [2.75, 3.05) is 34.4 Å². The van der Waals surface area contributed by atoms with E-state index < -0.39 is 0 Å². The van der Waals surface area contributed by atoms with Gasteiger partial charge in [0.25, 0.3) is 0 Å². The highest BCUT2D eigenvalue weighted by atomic mass is 16.5. The van der Waals surface area contributed by atoms with E-state index in [0.717, 1.165) is 12.3 Å². The molecular weight excluding hydrogens is 202 g/mol. The van der Waals surface area contributed by atoms with Gasteiger partial charge in [0.1, 0.15) is 12.4 Å². The highest BCUT2D eigenvalue weighted by molar-refractivity contribution is 5.25. The molecule has 0 aliphatic heterocycles. The number of nitrogens with one attached hydrogen (secondary N) is 1. The minimum atomic E-state index is 0.430. The van der Waals surface area contributed by atoms with Gasteiger partial charge in [-0.1, -0.05) is 25.7 Å². The number of rotatable bonds is 8. The summed E-state index contributed by atoms with van der Waals surface area (Å²) in [6.07, 6.45) is 5.82. The average molecular weight is 225 g/mol. The van der Waals surface area contributed by atoms with Gasteiger partial charge in [-0.25, -0.2) is 0 Å². The van der Waals surface area contributed by atoms with Crippen molar-refractivity contribution < 1.29 is 9.47 Å². The van der Waals surface area contributed by atoms with Crippen molar-refractivity contribution in [3.8, 4) is 0 Å². The van der Waals surface area contributed by atoms with Crippen LogP contribution in [0.5, 0.6) is 0 Å². The van der Waals surface area contributed by atoms with E-state index in [0.29, 0.717) is 12.5 Å². The molecule has 0 aromatic rings. The van der Waals surface area contributed by atoms with E-state index in [1.165, 1.54) is 5.57 Å². The van der Waals surface area contributed by atoms with Gasteiger partial charge in [0.15, 0.2) is 0 Å². The Labute approximate surface area is 98.8 Å². The van der Waals surface area contributed by atoms with Gasteiger partial charge in [-0.05, 0) is 24.6 Å². The number of methoxy groups -OCH3 is 2. The van der Waals surface area contributed by atoms with Crippen molar-refractivity contribution in [2.24, 2.45) is 5.92 Å². The quantitative estimate of drug-likeness (QED) is 0.507. The molecule has 0 fully saturated rings. The lowest BCUT2D eigenvalue weighted by atomic mass is 10.0. The fraction of sp³-hybridized carbons (Fsp3) is 0.538. The molecule has 0 bridgehead atoms. The second-order valence-corrected chi connectivity index (χ2v) is 3.60.